The molecule has 1 aliphatic rings. The number of ether oxygens (including phenoxy) is 2. The lowest BCUT2D eigenvalue weighted by atomic mass is 10.1. The number of amides is 1. The molecular formula is C22H15N3O4. The Kier molecular flexibility index (Phi) is 4.18. The molecule has 1 aliphatic heterocycles. The molecule has 0 atom stereocenters. The molecule has 142 valence electrons. The number of carbonyl (C=O) groups excluding carboxylic acids is 1. The lowest BCUT2D eigenvalue weighted by Crippen LogP contribution is -2.11. The zero-order valence-electron chi connectivity index (χ0n) is 15.2. The summed E-state index contributed by atoms with van der Waals surface area (Å²) < 4.78 is 16.0. The largest absolute Gasteiger partial charge is 0.454 e. The number of anilines is 1. The van der Waals surface area contributed by atoms with E-state index >= 15 is 0 Å². The van der Waals surface area contributed by atoms with Crippen LogP contribution in [0.5, 0.6) is 11.5 Å². The Labute approximate surface area is 165 Å². The van der Waals surface area contributed by atoms with Gasteiger partial charge in [0.25, 0.3) is 11.8 Å². The highest BCUT2D eigenvalue weighted by atomic mass is 16.7. The van der Waals surface area contributed by atoms with E-state index in [0.29, 0.717) is 34.5 Å². The van der Waals surface area contributed by atoms with Crippen LogP contribution in [0.1, 0.15) is 10.4 Å². The fourth-order valence-corrected chi connectivity index (χ4v) is 2.99. The minimum absolute atomic E-state index is 0.190. The minimum atomic E-state index is -0.231. The number of hydrogen-bond acceptors (Lipinski definition) is 6. The summed E-state index contributed by atoms with van der Waals surface area (Å²) in [6, 6.07) is 21.8. The van der Waals surface area contributed by atoms with Gasteiger partial charge in [0.1, 0.15) is 0 Å². The van der Waals surface area contributed by atoms with Crippen molar-refractivity contribution >= 4 is 11.6 Å². The number of hydrogen-bond donors (Lipinski definition) is 1. The normalized spacial score (nSPS) is 12.0. The Bertz CT molecular complexity index is 1170. The third-order valence-electron chi connectivity index (χ3n) is 4.48. The van der Waals surface area contributed by atoms with E-state index < -0.39 is 0 Å². The van der Waals surface area contributed by atoms with Crippen molar-refractivity contribution < 1.29 is 18.8 Å². The van der Waals surface area contributed by atoms with E-state index in [9.17, 15) is 4.79 Å². The van der Waals surface area contributed by atoms with Crippen molar-refractivity contribution in [3.63, 3.8) is 0 Å². The summed E-state index contributed by atoms with van der Waals surface area (Å²) in [5.41, 5.74) is 2.75. The van der Waals surface area contributed by atoms with Crippen LogP contribution in [0.2, 0.25) is 0 Å². The van der Waals surface area contributed by atoms with Crippen LogP contribution in [-0.2, 0) is 0 Å². The van der Waals surface area contributed by atoms with Crippen molar-refractivity contribution in [2.75, 3.05) is 12.1 Å². The molecule has 0 unspecified atom stereocenters. The van der Waals surface area contributed by atoms with E-state index in [1.807, 2.05) is 30.3 Å². The number of rotatable bonds is 4. The topological polar surface area (TPSA) is 86.5 Å². The van der Waals surface area contributed by atoms with E-state index in [2.05, 4.69) is 15.5 Å². The molecule has 0 spiro atoms. The van der Waals surface area contributed by atoms with Crippen molar-refractivity contribution in [1.82, 2.24) is 10.1 Å². The van der Waals surface area contributed by atoms with Gasteiger partial charge in [0, 0.05) is 28.4 Å². The average Bonchev–Trinajstić information content (AvgIpc) is 3.44. The zero-order chi connectivity index (χ0) is 19.6. The van der Waals surface area contributed by atoms with Gasteiger partial charge in [0.2, 0.25) is 12.6 Å². The third-order valence-corrected chi connectivity index (χ3v) is 4.48. The lowest BCUT2D eigenvalue weighted by Gasteiger charge is -2.06. The lowest BCUT2D eigenvalue weighted by molar-refractivity contribution is 0.102. The van der Waals surface area contributed by atoms with Crippen LogP contribution in [0.15, 0.2) is 77.3 Å². The van der Waals surface area contributed by atoms with E-state index in [0.717, 1.165) is 11.1 Å². The first kappa shape index (κ1) is 17.0. The SMILES string of the molecule is O=C(Nc1ccc2c(c1)OCO2)c1ccc(-c2nc(-c3ccccc3)no2)cc1. The van der Waals surface area contributed by atoms with E-state index in [-0.39, 0.29) is 12.7 Å². The standard InChI is InChI=1S/C22H15N3O4/c26-21(23-17-10-11-18-19(12-17)28-13-27-18)15-6-8-16(9-7-15)22-24-20(25-29-22)14-4-2-1-3-5-14/h1-12H,13H2,(H,23,26). The molecule has 0 aliphatic carbocycles. The number of carbonyl (C=O) groups is 1. The van der Waals surface area contributed by atoms with Crippen molar-refractivity contribution in [2.45, 2.75) is 0 Å². The molecule has 5 rings (SSSR count). The average molecular weight is 385 g/mol. The third kappa shape index (κ3) is 3.41. The smallest absolute Gasteiger partial charge is 0.258 e. The molecule has 1 N–H and O–H groups in total. The molecule has 2 heterocycles. The maximum atomic E-state index is 12.5. The second-order valence-electron chi connectivity index (χ2n) is 6.39. The summed E-state index contributed by atoms with van der Waals surface area (Å²) in [7, 11) is 0. The number of nitrogens with one attached hydrogen (secondary N) is 1. The summed E-state index contributed by atoms with van der Waals surface area (Å²) in [5.74, 6) is 1.97. The van der Waals surface area contributed by atoms with Gasteiger partial charge in [-0.2, -0.15) is 4.98 Å². The molecule has 7 nitrogen and oxygen atoms in total. The molecule has 0 saturated heterocycles. The zero-order valence-corrected chi connectivity index (χ0v) is 15.2. The fraction of sp³-hybridized carbons (Fsp3) is 0.0455. The molecule has 0 radical (unpaired) electrons. The highest BCUT2D eigenvalue weighted by Crippen LogP contribution is 2.34. The summed E-state index contributed by atoms with van der Waals surface area (Å²) in [6.07, 6.45) is 0. The van der Waals surface area contributed by atoms with Crippen LogP contribution in [0.3, 0.4) is 0 Å². The van der Waals surface area contributed by atoms with Gasteiger partial charge >= 0.3 is 0 Å². The molecule has 29 heavy (non-hydrogen) atoms. The van der Waals surface area contributed by atoms with Crippen molar-refractivity contribution in [2.24, 2.45) is 0 Å². The summed E-state index contributed by atoms with van der Waals surface area (Å²) in [5, 5.41) is 6.86. The van der Waals surface area contributed by atoms with Crippen LogP contribution < -0.4 is 14.8 Å². The van der Waals surface area contributed by atoms with Gasteiger partial charge < -0.3 is 19.3 Å². The summed E-state index contributed by atoms with van der Waals surface area (Å²) >= 11 is 0. The molecule has 1 amide bonds. The minimum Gasteiger partial charge on any atom is -0.454 e. The Hall–Kier alpha value is -4.13. The van der Waals surface area contributed by atoms with Crippen molar-refractivity contribution in [3.05, 3.63) is 78.4 Å². The molecule has 7 heteroatoms. The molecular weight excluding hydrogens is 370 g/mol. The van der Waals surface area contributed by atoms with E-state index in [1.165, 1.54) is 0 Å². The molecule has 3 aromatic carbocycles. The van der Waals surface area contributed by atoms with Gasteiger partial charge in [-0.3, -0.25) is 4.79 Å². The van der Waals surface area contributed by atoms with E-state index in [4.69, 9.17) is 14.0 Å². The second kappa shape index (κ2) is 7.12. The quantitative estimate of drug-likeness (QED) is 0.561. The van der Waals surface area contributed by atoms with Crippen LogP contribution in [-0.4, -0.2) is 22.8 Å². The van der Waals surface area contributed by atoms with Crippen LogP contribution in [0, 0.1) is 0 Å². The number of aromatic nitrogens is 2. The number of fused-ring (bicyclic) bond motifs is 1. The molecule has 4 aromatic rings. The Morgan fingerprint density at radius 3 is 2.48 bits per heavy atom. The molecule has 0 fully saturated rings. The molecule has 1 aromatic heterocycles. The first-order chi connectivity index (χ1) is 14.3. The Balaban J connectivity index is 1.31. The Morgan fingerprint density at radius 2 is 1.66 bits per heavy atom. The predicted octanol–water partition coefficient (Wildman–Crippen LogP) is 4.38. The van der Waals surface area contributed by atoms with Crippen LogP contribution >= 0.6 is 0 Å². The highest BCUT2D eigenvalue weighted by Gasteiger charge is 2.15. The van der Waals surface area contributed by atoms with Gasteiger partial charge in [-0.15, -0.1) is 0 Å². The summed E-state index contributed by atoms with van der Waals surface area (Å²) in [4.78, 5) is 16.9. The number of benzene rings is 3. The fourth-order valence-electron chi connectivity index (χ4n) is 2.99. The predicted molar refractivity (Wildman–Crippen MR) is 106 cm³/mol. The molecule has 0 saturated carbocycles. The van der Waals surface area contributed by atoms with Crippen LogP contribution in [0.25, 0.3) is 22.8 Å². The summed E-state index contributed by atoms with van der Waals surface area (Å²) in [6.45, 7) is 0.190. The first-order valence-electron chi connectivity index (χ1n) is 8.97. The van der Waals surface area contributed by atoms with Crippen molar-refractivity contribution in [3.8, 4) is 34.3 Å². The van der Waals surface area contributed by atoms with Gasteiger partial charge in [-0.05, 0) is 36.4 Å². The van der Waals surface area contributed by atoms with E-state index in [1.54, 1.807) is 42.5 Å². The maximum absolute atomic E-state index is 12.5. The monoisotopic (exact) mass is 385 g/mol. The maximum Gasteiger partial charge on any atom is 0.258 e. The van der Waals surface area contributed by atoms with Crippen molar-refractivity contribution in [1.29, 1.82) is 0 Å². The van der Waals surface area contributed by atoms with Gasteiger partial charge in [-0.25, -0.2) is 0 Å². The first-order valence-corrected chi connectivity index (χ1v) is 8.97. The van der Waals surface area contributed by atoms with Gasteiger partial charge in [0.15, 0.2) is 11.5 Å². The van der Waals surface area contributed by atoms with Crippen LogP contribution in [0.4, 0.5) is 5.69 Å². The van der Waals surface area contributed by atoms with Gasteiger partial charge in [-0.1, -0.05) is 35.5 Å². The Morgan fingerprint density at radius 1 is 0.862 bits per heavy atom. The molecule has 0 bridgehead atoms. The highest BCUT2D eigenvalue weighted by molar-refractivity contribution is 6.04. The number of nitrogens with zero attached hydrogens (tertiary/aromatic N) is 2. The van der Waals surface area contributed by atoms with Gasteiger partial charge in [0.05, 0.1) is 0 Å². The second-order valence-corrected chi connectivity index (χ2v) is 6.39.